The summed E-state index contributed by atoms with van der Waals surface area (Å²) in [6, 6.07) is 30.2. The van der Waals surface area contributed by atoms with Crippen molar-refractivity contribution in [1.29, 1.82) is 0 Å². The van der Waals surface area contributed by atoms with Crippen LogP contribution < -0.4 is 5.32 Å². The quantitative estimate of drug-likeness (QED) is 0.333. The molecule has 5 rings (SSSR count). The Balaban J connectivity index is 1.53. The van der Waals surface area contributed by atoms with E-state index in [1.807, 2.05) is 11.8 Å². The summed E-state index contributed by atoms with van der Waals surface area (Å²) >= 11 is 1.84. The van der Waals surface area contributed by atoms with Crippen LogP contribution >= 0.6 is 11.8 Å². The molecule has 164 valence electrons. The van der Waals surface area contributed by atoms with Crippen molar-refractivity contribution >= 4 is 39.0 Å². The Morgan fingerprint density at radius 2 is 1.58 bits per heavy atom. The molecule has 3 heteroatoms. The summed E-state index contributed by atoms with van der Waals surface area (Å²) in [5.41, 5.74) is 8.69. The van der Waals surface area contributed by atoms with Gasteiger partial charge in [0.2, 0.25) is 0 Å². The summed E-state index contributed by atoms with van der Waals surface area (Å²) in [5, 5.41) is 7.24. The SMILES string of the molecule is Cc1cc(C)c(C2CSC(C=C(Nc3cccc4ccccc34)c3ccccc3)=N2)c(C)c1. The molecular weight excluding hydrogens is 420 g/mol. The Hall–Kier alpha value is -3.30. The molecule has 4 aromatic rings. The van der Waals surface area contributed by atoms with Gasteiger partial charge >= 0.3 is 0 Å². The first-order valence-electron chi connectivity index (χ1n) is 11.4. The Morgan fingerprint density at radius 1 is 0.879 bits per heavy atom. The van der Waals surface area contributed by atoms with Crippen molar-refractivity contribution in [3.8, 4) is 0 Å². The zero-order valence-electron chi connectivity index (χ0n) is 19.3. The second-order valence-corrected chi connectivity index (χ2v) is 9.72. The molecule has 4 aromatic carbocycles. The Morgan fingerprint density at radius 3 is 2.36 bits per heavy atom. The summed E-state index contributed by atoms with van der Waals surface area (Å²) in [6.07, 6.45) is 2.21. The van der Waals surface area contributed by atoms with Gasteiger partial charge in [-0.05, 0) is 60.6 Å². The minimum absolute atomic E-state index is 0.205. The molecule has 1 aliphatic heterocycles. The summed E-state index contributed by atoms with van der Waals surface area (Å²) in [6.45, 7) is 6.58. The van der Waals surface area contributed by atoms with Gasteiger partial charge in [-0.1, -0.05) is 84.4 Å². The third-order valence-electron chi connectivity index (χ3n) is 6.16. The minimum atomic E-state index is 0.205. The van der Waals surface area contributed by atoms with Crippen LogP contribution in [0.1, 0.15) is 33.9 Å². The zero-order valence-corrected chi connectivity index (χ0v) is 20.1. The number of aryl methyl sites for hydroxylation is 3. The van der Waals surface area contributed by atoms with Gasteiger partial charge in [-0.3, -0.25) is 4.99 Å². The molecule has 0 bridgehead atoms. The molecular formula is C30H28N2S. The van der Waals surface area contributed by atoms with Crippen LogP contribution in [0.25, 0.3) is 16.5 Å². The van der Waals surface area contributed by atoms with Crippen LogP contribution in [0.15, 0.2) is 96.0 Å². The number of aliphatic imine (C=N–C) groups is 1. The molecule has 0 aliphatic carbocycles. The number of benzene rings is 4. The van der Waals surface area contributed by atoms with Gasteiger partial charge < -0.3 is 5.32 Å². The average Bonchev–Trinajstić information content (AvgIpc) is 3.26. The van der Waals surface area contributed by atoms with Crippen molar-refractivity contribution in [2.75, 3.05) is 11.1 Å². The third kappa shape index (κ3) is 4.60. The van der Waals surface area contributed by atoms with Crippen LogP contribution in [-0.4, -0.2) is 10.8 Å². The Bertz CT molecular complexity index is 1340. The van der Waals surface area contributed by atoms with Crippen LogP contribution in [0.4, 0.5) is 5.69 Å². The van der Waals surface area contributed by atoms with E-state index in [4.69, 9.17) is 4.99 Å². The van der Waals surface area contributed by atoms with Crippen LogP contribution in [0, 0.1) is 20.8 Å². The lowest BCUT2D eigenvalue weighted by Crippen LogP contribution is -2.02. The van der Waals surface area contributed by atoms with Crippen molar-refractivity contribution in [1.82, 2.24) is 0 Å². The van der Waals surface area contributed by atoms with Crippen molar-refractivity contribution in [3.05, 3.63) is 119 Å². The first kappa shape index (κ1) is 21.5. The van der Waals surface area contributed by atoms with Gasteiger partial charge in [-0.25, -0.2) is 0 Å². The third-order valence-corrected chi connectivity index (χ3v) is 7.16. The molecule has 33 heavy (non-hydrogen) atoms. The number of nitrogens with zero attached hydrogens (tertiary/aromatic N) is 1. The van der Waals surface area contributed by atoms with Gasteiger partial charge in [0, 0.05) is 22.5 Å². The number of hydrogen-bond donors (Lipinski definition) is 1. The van der Waals surface area contributed by atoms with Gasteiger partial charge in [-0.2, -0.15) is 0 Å². The minimum Gasteiger partial charge on any atom is -0.354 e. The molecule has 2 nitrogen and oxygen atoms in total. The molecule has 1 heterocycles. The van der Waals surface area contributed by atoms with Crippen molar-refractivity contribution in [2.45, 2.75) is 26.8 Å². The van der Waals surface area contributed by atoms with E-state index in [2.05, 4.69) is 117 Å². The fraction of sp³-hybridized carbons (Fsp3) is 0.167. The van der Waals surface area contributed by atoms with E-state index in [-0.39, 0.29) is 6.04 Å². The molecule has 0 fully saturated rings. The van der Waals surface area contributed by atoms with E-state index in [1.54, 1.807) is 0 Å². The molecule has 1 N–H and O–H groups in total. The van der Waals surface area contributed by atoms with Crippen LogP contribution in [0.2, 0.25) is 0 Å². The van der Waals surface area contributed by atoms with Gasteiger partial charge in [0.25, 0.3) is 0 Å². The standard InChI is InChI=1S/C30H28N2S/c1-20-16-21(2)30(22(3)17-20)28-19-33-29(32-28)18-27(24-11-5-4-6-12-24)31-26-15-9-13-23-10-7-8-14-25(23)26/h4-18,28,31H,19H2,1-3H3. The maximum absolute atomic E-state index is 5.14. The average molecular weight is 449 g/mol. The van der Waals surface area contributed by atoms with Gasteiger partial charge in [0.15, 0.2) is 0 Å². The van der Waals surface area contributed by atoms with Crippen molar-refractivity contribution in [2.24, 2.45) is 4.99 Å². The molecule has 0 aromatic heterocycles. The Labute approximate surface area is 200 Å². The summed E-state index contributed by atoms with van der Waals surface area (Å²) < 4.78 is 0. The molecule has 0 amide bonds. The maximum Gasteiger partial charge on any atom is 0.0934 e. The second-order valence-electron chi connectivity index (χ2n) is 8.68. The van der Waals surface area contributed by atoms with Crippen LogP contribution in [0.5, 0.6) is 0 Å². The lowest BCUT2D eigenvalue weighted by molar-refractivity contribution is 0.830. The maximum atomic E-state index is 5.14. The van der Waals surface area contributed by atoms with Crippen molar-refractivity contribution < 1.29 is 0 Å². The molecule has 0 saturated carbocycles. The fourth-order valence-corrected chi connectivity index (χ4v) is 5.72. The number of rotatable bonds is 5. The predicted molar refractivity (Wildman–Crippen MR) is 145 cm³/mol. The van der Waals surface area contributed by atoms with E-state index in [0.29, 0.717) is 0 Å². The Kier molecular flexibility index (Phi) is 6.06. The molecule has 0 saturated heterocycles. The smallest absolute Gasteiger partial charge is 0.0934 e. The molecule has 1 unspecified atom stereocenters. The number of thioether (sulfide) groups is 1. The van der Waals surface area contributed by atoms with Crippen LogP contribution in [-0.2, 0) is 0 Å². The van der Waals surface area contributed by atoms with Gasteiger partial charge in [-0.15, -0.1) is 11.8 Å². The highest BCUT2D eigenvalue weighted by Gasteiger charge is 2.23. The number of fused-ring (bicyclic) bond motifs is 1. The number of nitrogens with one attached hydrogen (secondary N) is 1. The molecule has 1 atom stereocenters. The highest BCUT2D eigenvalue weighted by Crippen LogP contribution is 2.36. The van der Waals surface area contributed by atoms with Crippen LogP contribution in [0.3, 0.4) is 0 Å². The summed E-state index contributed by atoms with van der Waals surface area (Å²) in [7, 11) is 0. The molecule has 0 spiro atoms. The van der Waals surface area contributed by atoms with E-state index in [1.165, 1.54) is 33.0 Å². The number of hydrogen-bond acceptors (Lipinski definition) is 3. The van der Waals surface area contributed by atoms with Crippen molar-refractivity contribution in [3.63, 3.8) is 0 Å². The lowest BCUT2D eigenvalue weighted by atomic mass is 9.95. The van der Waals surface area contributed by atoms with E-state index in [9.17, 15) is 0 Å². The van der Waals surface area contributed by atoms with Gasteiger partial charge in [0.05, 0.1) is 11.1 Å². The van der Waals surface area contributed by atoms with E-state index < -0.39 is 0 Å². The highest BCUT2D eigenvalue weighted by molar-refractivity contribution is 8.14. The fourth-order valence-electron chi connectivity index (χ4n) is 4.75. The molecule has 0 radical (unpaired) electrons. The van der Waals surface area contributed by atoms with E-state index >= 15 is 0 Å². The lowest BCUT2D eigenvalue weighted by Gasteiger charge is -2.15. The first-order chi connectivity index (χ1) is 16.1. The van der Waals surface area contributed by atoms with Gasteiger partial charge in [0.1, 0.15) is 0 Å². The monoisotopic (exact) mass is 448 g/mol. The second kappa shape index (κ2) is 9.29. The first-order valence-corrected chi connectivity index (χ1v) is 12.4. The van der Waals surface area contributed by atoms with E-state index in [0.717, 1.165) is 27.7 Å². The zero-order chi connectivity index (χ0) is 22.8. The normalized spacial score (nSPS) is 16.2. The molecule has 1 aliphatic rings. The predicted octanol–water partition coefficient (Wildman–Crippen LogP) is 8.10. The number of anilines is 1. The largest absolute Gasteiger partial charge is 0.354 e. The summed E-state index contributed by atoms with van der Waals surface area (Å²) in [5.74, 6) is 0.979. The topological polar surface area (TPSA) is 24.4 Å². The summed E-state index contributed by atoms with van der Waals surface area (Å²) in [4.78, 5) is 5.14. The highest BCUT2D eigenvalue weighted by atomic mass is 32.2.